The normalized spacial score (nSPS) is 19.5. The van der Waals surface area contributed by atoms with Crippen molar-refractivity contribution in [2.75, 3.05) is 4.90 Å². The molecule has 0 aliphatic carbocycles. The summed E-state index contributed by atoms with van der Waals surface area (Å²) in [6, 6.07) is 7.70. The Morgan fingerprint density at radius 3 is 2.39 bits per heavy atom. The van der Waals surface area contributed by atoms with Gasteiger partial charge in [0.05, 0.1) is 5.69 Å². The minimum absolute atomic E-state index is 0.0128. The van der Waals surface area contributed by atoms with Crippen LogP contribution in [0.5, 0.6) is 0 Å². The van der Waals surface area contributed by atoms with Crippen molar-refractivity contribution in [2.45, 2.75) is 11.8 Å². The first kappa shape index (κ1) is 19.6. The zero-order chi connectivity index (χ0) is 20.7. The molecule has 6 nitrogen and oxygen atoms in total. The Kier molecular flexibility index (Phi) is 4.76. The number of anilines is 1. The van der Waals surface area contributed by atoms with E-state index in [1.807, 2.05) is 0 Å². The van der Waals surface area contributed by atoms with Crippen molar-refractivity contribution < 1.29 is 31.9 Å². The SMILES string of the molecule is O=C(N[C@@]1(C(F)(F)F)NC(=O)N(c2ccccc2F)C1=O)c1cccc(Cl)c1. The van der Waals surface area contributed by atoms with Crippen LogP contribution in [0, 0.1) is 5.82 Å². The van der Waals surface area contributed by atoms with Gasteiger partial charge in [-0.1, -0.05) is 29.8 Å². The number of halogens is 5. The highest BCUT2D eigenvalue weighted by molar-refractivity contribution is 6.31. The van der Waals surface area contributed by atoms with Gasteiger partial charge in [-0.05, 0) is 30.3 Å². The maximum Gasteiger partial charge on any atom is 0.440 e. The predicted molar refractivity (Wildman–Crippen MR) is 90.1 cm³/mol. The molecule has 0 saturated carbocycles. The average molecular weight is 416 g/mol. The Hall–Kier alpha value is -3.14. The Balaban J connectivity index is 2.03. The number of carbonyl (C=O) groups excluding carboxylic acids is 3. The summed E-state index contributed by atoms with van der Waals surface area (Å²) >= 11 is 5.71. The second-order valence-corrected chi connectivity index (χ2v) is 6.17. The number of hydrogen-bond acceptors (Lipinski definition) is 3. The molecule has 0 aromatic heterocycles. The van der Waals surface area contributed by atoms with E-state index in [9.17, 15) is 31.9 Å². The largest absolute Gasteiger partial charge is 0.440 e. The fourth-order valence-corrected chi connectivity index (χ4v) is 2.79. The molecule has 0 bridgehead atoms. The van der Waals surface area contributed by atoms with Gasteiger partial charge in [0, 0.05) is 10.6 Å². The van der Waals surface area contributed by atoms with E-state index in [0.717, 1.165) is 18.2 Å². The number of rotatable bonds is 3. The molecule has 4 amide bonds. The van der Waals surface area contributed by atoms with E-state index >= 15 is 0 Å². The lowest BCUT2D eigenvalue weighted by Crippen LogP contribution is -2.69. The minimum atomic E-state index is -5.42. The van der Waals surface area contributed by atoms with Crippen LogP contribution in [-0.2, 0) is 4.79 Å². The molecule has 1 fully saturated rings. The molecular formula is C17H10ClF4N3O3. The molecule has 1 atom stereocenters. The van der Waals surface area contributed by atoms with Crippen LogP contribution < -0.4 is 15.5 Å². The van der Waals surface area contributed by atoms with E-state index in [1.165, 1.54) is 41.0 Å². The average Bonchev–Trinajstić information content (AvgIpc) is 2.86. The monoisotopic (exact) mass is 415 g/mol. The number of para-hydroxylation sites is 1. The summed E-state index contributed by atoms with van der Waals surface area (Å²) in [5.74, 6) is -4.31. The van der Waals surface area contributed by atoms with Crippen LogP contribution in [0.3, 0.4) is 0 Å². The summed E-state index contributed by atoms with van der Waals surface area (Å²) in [5, 5.41) is 3.01. The number of carbonyl (C=O) groups is 3. The molecule has 28 heavy (non-hydrogen) atoms. The van der Waals surface area contributed by atoms with Crippen molar-refractivity contribution in [1.29, 1.82) is 0 Å². The lowest BCUT2D eigenvalue weighted by Gasteiger charge is -2.29. The van der Waals surface area contributed by atoms with Gasteiger partial charge in [0.25, 0.3) is 17.5 Å². The quantitative estimate of drug-likeness (QED) is 0.597. The van der Waals surface area contributed by atoms with Gasteiger partial charge in [-0.15, -0.1) is 0 Å². The smallest absolute Gasteiger partial charge is 0.314 e. The number of amides is 4. The van der Waals surface area contributed by atoms with Gasteiger partial charge in [-0.25, -0.2) is 14.1 Å². The highest BCUT2D eigenvalue weighted by Gasteiger charge is 2.69. The van der Waals surface area contributed by atoms with Gasteiger partial charge < -0.3 is 5.32 Å². The van der Waals surface area contributed by atoms with E-state index in [0.29, 0.717) is 0 Å². The minimum Gasteiger partial charge on any atom is -0.314 e. The number of benzene rings is 2. The molecule has 0 radical (unpaired) electrons. The number of nitrogens with zero attached hydrogens (tertiary/aromatic N) is 1. The molecule has 1 aliphatic rings. The maximum atomic E-state index is 14.0. The lowest BCUT2D eigenvalue weighted by atomic mass is 10.1. The van der Waals surface area contributed by atoms with Crippen LogP contribution in [0.4, 0.5) is 28.0 Å². The second-order valence-electron chi connectivity index (χ2n) is 5.73. The van der Waals surface area contributed by atoms with Gasteiger partial charge >= 0.3 is 12.2 Å². The summed E-state index contributed by atoms with van der Waals surface area (Å²) in [4.78, 5) is 37.0. The van der Waals surface area contributed by atoms with E-state index in [4.69, 9.17) is 11.6 Å². The van der Waals surface area contributed by atoms with Gasteiger partial charge in [-0.2, -0.15) is 13.2 Å². The molecule has 1 heterocycles. The van der Waals surface area contributed by atoms with Gasteiger partial charge in [0.15, 0.2) is 0 Å². The molecule has 2 aromatic rings. The molecule has 1 aliphatic heterocycles. The van der Waals surface area contributed by atoms with Crippen LogP contribution in [0.1, 0.15) is 10.4 Å². The Morgan fingerprint density at radius 2 is 1.79 bits per heavy atom. The van der Waals surface area contributed by atoms with Crippen LogP contribution in [-0.4, -0.2) is 29.7 Å². The first-order chi connectivity index (χ1) is 13.1. The van der Waals surface area contributed by atoms with Crippen LogP contribution >= 0.6 is 11.6 Å². The third kappa shape index (κ3) is 3.15. The Labute approximate surface area is 160 Å². The predicted octanol–water partition coefficient (Wildman–Crippen LogP) is 3.22. The Bertz CT molecular complexity index is 982. The van der Waals surface area contributed by atoms with E-state index in [1.54, 1.807) is 0 Å². The van der Waals surface area contributed by atoms with Crippen molar-refractivity contribution in [1.82, 2.24) is 10.6 Å². The Morgan fingerprint density at radius 1 is 1.11 bits per heavy atom. The molecular weight excluding hydrogens is 406 g/mol. The fourth-order valence-electron chi connectivity index (χ4n) is 2.60. The van der Waals surface area contributed by atoms with Crippen molar-refractivity contribution >= 4 is 35.1 Å². The summed E-state index contributed by atoms with van der Waals surface area (Å²) in [6.45, 7) is 0. The zero-order valence-corrected chi connectivity index (χ0v) is 14.4. The molecule has 2 aromatic carbocycles. The van der Waals surface area contributed by atoms with Crippen molar-refractivity contribution in [3.05, 3.63) is 64.9 Å². The van der Waals surface area contributed by atoms with Crippen LogP contribution in [0.15, 0.2) is 48.5 Å². The van der Waals surface area contributed by atoms with Crippen molar-refractivity contribution in [2.24, 2.45) is 0 Å². The second kappa shape index (κ2) is 6.79. The fraction of sp³-hybridized carbons (Fsp3) is 0.118. The van der Waals surface area contributed by atoms with E-state index < -0.39 is 41.2 Å². The first-order valence-electron chi connectivity index (χ1n) is 7.63. The molecule has 11 heteroatoms. The number of alkyl halides is 3. The number of nitrogens with one attached hydrogen (secondary N) is 2. The third-order valence-electron chi connectivity index (χ3n) is 3.93. The number of hydrogen-bond donors (Lipinski definition) is 2. The third-order valence-corrected chi connectivity index (χ3v) is 4.16. The molecule has 1 saturated heterocycles. The molecule has 0 spiro atoms. The number of imide groups is 1. The standard InChI is InChI=1S/C17H10ClF4N3O3/c18-10-5-3-4-9(8-10)13(26)23-16(17(20,21)22)14(27)25(15(28)24-16)12-7-2-1-6-11(12)19/h1-8H,(H,23,26)(H,24,28)/t16-/m1/s1. The lowest BCUT2D eigenvalue weighted by molar-refractivity contribution is -0.197. The van der Waals surface area contributed by atoms with Crippen molar-refractivity contribution in [3.8, 4) is 0 Å². The topological polar surface area (TPSA) is 78.5 Å². The molecule has 146 valence electrons. The highest BCUT2D eigenvalue weighted by atomic mass is 35.5. The zero-order valence-electron chi connectivity index (χ0n) is 13.7. The van der Waals surface area contributed by atoms with E-state index in [2.05, 4.69) is 0 Å². The van der Waals surface area contributed by atoms with Gasteiger partial charge in [0.2, 0.25) is 0 Å². The highest BCUT2D eigenvalue weighted by Crippen LogP contribution is 2.36. The summed E-state index contributed by atoms with van der Waals surface area (Å²) < 4.78 is 55.3. The van der Waals surface area contributed by atoms with E-state index in [-0.39, 0.29) is 15.5 Å². The summed E-state index contributed by atoms with van der Waals surface area (Å²) in [6.07, 6.45) is -5.42. The van der Waals surface area contributed by atoms with Gasteiger partial charge in [-0.3, -0.25) is 14.9 Å². The first-order valence-corrected chi connectivity index (χ1v) is 8.00. The number of urea groups is 1. The van der Waals surface area contributed by atoms with Gasteiger partial charge in [0.1, 0.15) is 5.82 Å². The van der Waals surface area contributed by atoms with Crippen molar-refractivity contribution in [3.63, 3.8) is 0 Å². The summed E-state index contributed by atoms with van der Waals surface area (Å²) in [7, 11) is 0. The molecule has 3 rings (SSSR count). The van der Waals surface area contributed by atoms with Crippen LogP contribution in [0.25, 0.3) is 0 Å². The van der Waals surface area contributed by atoms with Crippen LogP contribution in [0.2, 0.25) is 5.02 Å². The maximum absolute atomic E-state index is 14.0. The molecule has 2 N–H and O–H groups in total. The summed E-state index contributed by atoms with van der Waals surface area (Å²) in [5.41, 5.74) is -4.73. The molecule has 0 unspecified atom stereocenters.